The topological polar surface area (TPSA) is 147 Å². The first kappa shape index (κ1) is 17.1. The maximum atomic E-state index is 12.1. The van der Waals surface area contributed by atoms with Crippen LogP contribution >= 0.6 is 0 Å². The Hall–Kier alpha value is -1.97. The molecule has 0 aromatic heterocycles. The van der Waals surface area contributed by atoms with Crippen LogP contribution in [0.15, 0.2) is 29.2 Å². The Labute approximate surface area is 121 Å². The highest BCUT2D eigenvalue weighted by molar-refractivity contribution is 7.89. The van der Waals surface area contributed by atoms with Gasteiger partial charge in [0.1, 0.15) is 0 Å². The first-order valence-corrected chi connectivity index (χ1v) is 7.48. The van der Waals surface area contributed by atoms with Gasteiger partial charge in [-0.3, -0.25) is 9.59 Å². The first-order valence-electron chi connectivity index (χ1n) is 5.99. The number of nitrogens with one attached hydrogen (secondary N) is 1. The third kappa shape index (κ3) is 5.50. The summed E-state index contributed by atoms with van der Waals surface area (Å²) in [5.74, 6) is -2.58. The zero-order valence-electron chi connectivity index (χ0n) is 11.0. The Kier molecular flexibility index (Phi) is 5.82. The molecule has 0 saturated carbocycles. The Bertz CT molecular complexity index is 595. The monoisotopic (exact) mass is 316 g/mol. The molecule has 0 saturated heterocycles. The van der Waals surface area contributed by atoms with Crippen molar-refractivity contribution in [2.24, 2.45) is 5.73 Å². The smallest absolute Gasteiger partial charge is 0.304 e. The number of carbonyl (C=O) groups is 2. The van der Waals surface area contributed by atoms with Crippen LogP contribution in [0.3, 0.4) is 0 Å². The van der Waals surface area contributed by atoms with Gasteiger partial charge in [0.2, 0.25) is 10.0 Å². The summed E-state index contributed by atoms with van der Waals surface area (Å²) >= 11 is 0. The Balaban J connectivity index is 2.93. The average Bonchev–Trinajstić information content (AvgIpc) is 2.36. The Morgan fingerprint density at radius 3 is 1.95 bits per heavy atom. The molecule has 1 aromatic rings. The van der Waals surface area contributed by atoms with E-state index in [4.69, 9.17) is 15.9 Å². The van der Waals surface area contributed by atoms with Crippen molar-refractivity contribution < 1.29 is 28.2 Å². The number of rotatable bonds is 8. The summed E-state index contributed by atoms with van der Waals surface area (Å²) in [5.41, 5.74) is 6.14. The van der Waals surface area contributed by atoms with E-state index >= 15 is 0 Å². The number of benzene rings is 1. The molecule has 8 nitrogen and oxygen atoms in total. The number of carboxylic acids is 2. The van der Waals surface area contributed by atoms with Gasteiger partial charge in [0.25, 0.3) is 0 Å². The summed E-state index contributed by atoms with van der Waals surface area (Å²) in [6.45, 7) is 0.258. The fourth-order valence-electron chi connectivity index (χ4n) is 1.67. The molecule has 1 rings (SSSR count). The summed E-state index contributed by atoms with van der Waals surface area (Å²) in [4.78, 5) is 21.2. The standard InChI is InChI=1S/C12H16N2O6S/c13-7-8-1-3-10(4-2-8)21(19,20)14-9(5-11(15)16)6-12(17)18/h1-4,9,14H,5-7,13H2,(H,15,16)(H,17,18). The van der Waals surface area contributed by atoms with Gasteiger partial charge in [-0.25, -0.2) is 13.1 Å². The minimum atomic E-state index is -3.99. The van der Waals surface area contributed by atoms with Gasteiger partial charge in [0.15, 0.2) is 0 Å². The van der Waals surface area contributed by atoms with Crippen molar-refractivity contribution in [1.29, 1.82) is 0 Å². The lowest BCUT2D eigenvalue weighted by Gasteiger charge is -2.15. The predicted molar refractivity (Wildman–Crippen MR) is 72.9 cm³/mol. The van der Waals surface area contributed by atoms with E-state index < -0.39 is 40.8 Å². The van der Waals surface area contributed by atoms with Gasteiger partial charge < -0.3 is 15.9 Å². The van der Waals surface area contributed by atoms with E-state index in [9.17, 15) is 18.0 Å². The fraction of sp³-hybridized carbons (Fsp3) is 0.333. The number of hydrogen-bond donors (Lipinski definition) is 4. The van der Waals surface area contributed by atoms with Crippen LogP contribution in [-0.2, 0) is 26.2 Å². The molecule has 0 radical (unpaired) electrons. The van der Waals surface area contributed by atoms with Crippen molar-refractivity contribution in [2.75, 3.05) is 0 Å². The molecule has 0 heterocycles. The van der Waals surface area contributed by atoms with E-state index in [0.29, 0.717) is 0 Å². The maximum absolute atomic E-state index is 12.1. The summed E-state index contributed by atoms with van der Waals surface area (Å²) in [6, 6.07) is 4.47. The van der Waals surface area contributed by atoms with Crippen molar-refractivity contribution in [3.63, 3.8) is 0 Å². The quantitative estimate of drug-likeness (QED) is 0.516. The SMILES string of the molecule is NCc1ccc(S(=O)(=O)NC(CC(=O)O)CC(=O)O)cc1. The van der Waals surface area contributed by atoms with E-state index in [2.05, 4.69) is 4.72 Å². The summed E-state index contributed by atoms with van der Waals surface area (Å²) in [5, 5.41) is 17.4. The van der Waals surface area contributed by atoms with Crippen LogP contribution in [0.2, 0.25) is 0 Å². The molecule has 0 amide bonds. The van der Waals surface area contributed by atoms with E-state index in [-0.39, 0.29) is 11.4 Å². The molecule has 9 heteroatoms. The highest BCUT2D eigenvalue weighted by Crippen LogP contribution is 2.12. The molecule has 0 atom stereocenters. The van der Waals surface area contributed by atoms with Crippen LogP contribution in [0, 0.1) is 0 Å². The van der Waals surface area contributed by atoms with Crippen molar-refractivity contribution in [1.82, 2.24) is 4.72 Å². The van der Waals surface area contributed by atoms with Crippen LogP contribution < -0.4 is 10.5 Å². The molecule has 0 aliphatic rings. The molecule has 1 aromatic carbocycles. The predicted octanol–water partition coefficient (Wildman–Crippen LogP) is -0.258. The van der Waals surface area contributed by atoms with E-state index in [0.717, 1.165) is 5.56 Å². The van der Waals surface area contributed by atoms with Crippen LogP contribution in [0.4, 0.5) is 0 Å². The zero-order chi connectivity index (χ0) is 16.0. The van der Waals surface area contributed by atoms with Crippen LogP contribution in [0.1, 0.15) is 18.4 Å². The van der Waals surface area contributed by atoms with Crippen molar-refractivity contribution in [2.45, 2.75) is 30.3 Å². The minimum Gasteiger partial charge on any atom is -0.481 e. The Morgan fingerprint density at radius 1 is 1.10 bits per heavy atom. The lowest BCUT2D eigenvalue weighted by molar-refractivity contribution is -0.139. The molecule has 116 valence electrons. The average molecular weight is 316 g/mol. The molecule has 0 unspecified atom stereocenters. The summed E-state index contributed by atoms with van der Waals surface area (Å²) in [6.07, 6.45) is -1.24. The van der Waals surface area contributed by atoms with Crippen LogP contribution in [-0.4, -0.2) is 36.6 Å². The third-order valence-corrected chi connectivity index (χ3v) is 4.17. The number of carboxylic acid groups (broad SMARTS) is 2. The number of nitrogens with two attached hydrogens (primary N) is 1. The summed E-state index contributed by atoms with van der Waals surface area (Å²) < 4.78 is 26.2. The van der Waals surface area contributed by atoms with E-state index in [1.165, 1.54) is 24.3 Å². The van der Waals surface area contributed by atoms with Crippen LogP contribution in [0.5, 0.6) is 0 Å². The molecule has 0 bridgehead atoms. The molecule has 0 spiro atoms. The number of sulfonamides is 1. The number of aliphatic carboxylic acids is 2. The van der Waals surface area contributed by atoms with Gasteiger partial charge in [-0.2, -0.15) is 0 Å². The second-order valence-electron chi connectivity index (χ2n) is 4.36. The van der Waals surface area contributed by atoms with Gasteiger partial charge in [0, 0.05) is 12.6 Å². The second-order valence-corrected chi connectivity index (χ2v) is 6.08. The van der Waals surface area contributed by atoms with Crippen molar-refractivity contribution in [3.05, 3.63) is 29.8 Å². The largest absolute Gasteiger partial charge is 0.481 e. The maximum Gasteiger partial charge on any atom is 0.304 e. The second kappa shape index (κ2) is 7.16. The molecule has 21 heavy (non-hydrogen) atoms. The van der Waals surface area contributed by atoms with Crippen LogP contribution in [0.25, 0.3) is 0 Å². The van der Waals surface area contributed by atoms with Gasteiger partial charge in [-0.15, -0.1) is 0 Å². The molecular formula is C12H16N2O6S. The molecule has 0 aliphatic carbocycles. The molecule has 0 aliphatic heterocycles. The minimum absolute atomic E-state index is 0.0829. The molecule has 0 fully saturated rings. The van der Waals surface area contributed by atoms with Gasteiger partial charge >= 0.3 is 11.9 Å². The van der Waals surface area contributed by atoms with Gasteiger partial charge in [0.05, 0.1) is 17.7 Å². The summed E-state index contributed by atoms with van der Waals surface area (Å²) in [7, 11) is -3.99. The van der Waals surface area contributed by atoms with Crippen molar-refractivity contribution in [3.8, 4) is 0 Å². The van der Waals surface area contributed by atoms with Crippen molar-refractivity contribution >= 4 is 22.0 Å². The molecule has 5 N–H and O–H groups in total. The highest BCUT2D eigenvalue weighted by Gasteiger charge is 2.24. The number of hydrogen-bond acceptors (Lipinski definition) is 5. The highest BCUT2D eigenvalue weighted by atomic mass is 32.2. The lowest BCUT2D eigenvalue weighted by atomic mass is 10.1. The lowest BCUT2D eigenvalue weighted by Crippen LogP contribution is -2.38. The zero-order valence-corrected chi connectivity index (χ0v) is 11.8. The third-order valence-electron chi connectivity index (χ3n) is 2.63. The first-order chi connectivity index (χ1) is 9.74. The van der Waals surface area contributed by atoms with E-state index in [1.54, 1.807) is 0 Å². The fourth-order valence-corrected chi connectivity index (χ4v) is 2.91. The normalized spacial score (nSPS) is 11.5. The Morgan fingerprint density at radius 2 is 1.57 bits per heavy atom. The van der Waals surface area contributed by atoms with Gasteiger partial charge in [-0.1, -0.05) is 12.1 Å². The molecular weight excluding hydrogens is 300 g/mol. The van der Waals surface area contributed by atoms with Gasteiger partial charge in [-0.05, 0) is 17.7 Å². The van der Waals surface area contributed by atoms with E-state index in [1.807, 2.05) is 0 Å².